The van der Waals surface area contributed by atoms with Crippen molar-refractivity contribution in [3.8, 4) is 5.75 Å². The van der Waals surface area contributed by atoms with E-state index in [1.807, 2.05) is 55.5 Å². The van der Waals surface area contributed by atoms with E-state index in [9.17, 15) is 4.79 Å². The molecule has 0 radical (unpaired) electrons. The summed E-state index contributed by atoms with van der Waals surface area (Å²) < 4.78 is 5.18. The molecule has 0 aliphatic carbocycles. The molecular weight excluding hydrogens is 262 g/mol. The Labute approximate surface area is 125 Å². The molecule has 0 fully saturated rings. The van der Waals surface area contributed by atoms with Crippen LogP contribution in [-0.4, -0.2) is 20.1 Å². The number of carbonyl (C=O) groups excluding carboxylic acids is 1. The zero-order chi connectivity index (χ0) is 15.2. The van der Waals surface area contributed by atoms with Gasteiger partial charge in [0.25, 0.3) is 0 Å². The summed E-state index contributed by atoms with van der Waals surface area (Å²) in [5, 5.41) is 2.64. The Bertz CT molecular complexity index is 657. The minimum atomic E-state index is -0.121. The van der Waals surface area contributed by atoms with Gasteiger partial charge in [0.2, 0.25) is 5.91 Å². The number of amides is 1. The van der Waals surface area contributed by atoms with E-state index >= 15 is 0 Å². The Morgan fingerprint density at radius 1 is 1.10 bits per heavy atom. The van der Waals surface area contributed by atoms with E-state index in [1.54, 1.807) is 20.2 Å². The van der Waals surface area contributed by atoms with Crippen molar-refractivity contribution in [2.24, 2.45) is 0 Å². The molecule has 21 heavy (non-hydrogen) atoms. The van der Waals surface area contributed by atoms with Gasteiger partial charge in [0.15, 0.2) is 0 Å². The summed E-state index contributed by atoms with van der Waals surface area (Å²) in [6.07, 6.45) is 1.63. The second-order valence-corrected chi connectivity index (χ2v) is 4.72. The van der Waals surface area contributed by atoms with Crippen molar-refractivity contribution in [1.29, 1.82) is 0 Å². The van der Waals surface area contributed by atoms with Gasteiger partial charge in [0.1, 0.15) is 5.75 Å². The Morgan fingerprint density at radius 2 is 1.76 bits per heavy atom. The van der Waals surface area contributed by atoms with E-state index in [1.165, 1.54) is 0 Å². The van der Waals surface area contributed by atoms with Crippen LogP contribution in [0.15, 0.2) is 54.6 Å². The first kappa shape index (κ1) is 14.9. The summed E-state index contributed by atoms with van der Waals surface area (Å²) in [5.41, 5.74) is 4.05. The van der Waals surface area contributed by atoms with Crippen molar-refractivity contribution in [1.82, 2.24) is 5.32 Å². The molecular formula is C18H19NO2. The number of benzene rings is 2. The van der Waals surface area contributed by atoms with Gasteiger partial charge in [-0.05, 0) is 41.3 Å². The minimum absolute atomic E-state index is 0.121. The zero-order valence-corrected chi connectivity index (χ0v) is 12.5. The molecule has 2 aromatic rings. The summed E-state index contributed by atoms with van der Waals surface area (Å²) >= 11 is 0. The number of rotatable bonds is 4. The van der Waals surface area contributed by atoms with E-state index in [0.717, 1.165) is 28.0 Å². The number of methoxy groups -OCH3 is 1. The predicted molar refractivity (Wildman–Crippen MR) is 85.3 cm³/mol. The molecule has 0 atom stereocenters. The van der Waals surface area contributed by atoms with Gasteiger partial charge in [-0.15, -0.1) is 0 Å². The smallest absolute Gasteiger partial charge is 0.244 e. The van der Waals surface area contributed by atoms with E-state index in [-0.39, 0.29) is 5.91 Å². The highest BCUT2D eigenvalue weighted by Gasteiger charge is 2.09. The lowest BCUT2D eigenvalue weighted by Gasteiger charge is -2.12. The Hall–Kier alpha value is -2.55. The molecule has 2 rings (SSSR count). The van der Waals surface area contributed by atoms with Gasteiger partial charge in [0.05, 0.1) is 7.11 Å². The normalized spacial score (nSPS) is 11.1. The van der Waals surface area contributed by atoms with Gasteiger partial charge < -0.3 is 10.1 Å². The number of nitrogens with one attached hydrogen (secondary N) is 1. The number of hydrogen-bond donors (Lipinski definition) is 1. The van der Waals surface area contributed by atoms with Gasteiger partial charge in [-0.2, -0.15) is 0 Å². The SMILES string of the molecule is CNC(=O)/C=C(\c1ccc(OC)cc1)c1ccccc1C. The van der Waals surface area contributed by atoms with Crippen LogP contribution in [0.4, 0.5) is 0 Å². The average Bonchev–Trinajstić information content (AvgIpc) is 2.53. The summed E-state index contributed by atoms with van der Waals surface area (Å²) in [4.78, 5) is 11.8. The molecule has 0 unspecified atom stereocenters. The highest BCUT2D eigenvalue weighted by molar-refractivity contribution is 5.99. The van der Waals surface area contributed by atoms with Crippen LogP contribution < -0.4 is 10.1 Å². The third-order valence-corrected chi connectivity index (χ3v) is 3.36. The highest BCUT2D eigenvalue weighted by Crippen LogP contribution is 2.27. The average molecular weight is 281 g/mol. The number of hydrogen-bond acceptors (Lipinski definition) is 2. The van der Waals surface area contributed by atoms with Crippen LogP contribution in [0.2, 0.25) is 0 Å². The van der Waals surface area contributed by atoms with Crippen molar-refractivity contribution in [2.75, 3.05) is 14.2 Å². The largest absolute Gasteiger partial charge is 0.497 e. The standard InChI is InChI=1S/C18H19NO2/c1-13-6-4-5-7-16(13)17(12-18(20)19-2)14-8-10-15(21-3)11-9-14/h4-12H,1-3H3,(H,19,20)/b17-12+. The Kier molecular flexibility index (Phi) is 4.77. The molecule has 2 aromatic carbocycles. The maximum Gasteiger partial charge on any atom is 0.244 e. The van der Waals surface area contributed by atoms with E-state index < -0.39 is 0 Å². The molecule has 1 N–H and O–H groups in total. The van der Waals surface area contributed by atoms with E-state index in [4.69, 9.17) is 4.74 Å². The Balaban J connectivity index is 2.53. The number of carbonyl (C=O) groups is 1. The van der Waals surface area contributed by atoms with Crippen LogP contribution in [0.1, 0.15) is 16.7 Å². The second kappa shape index (κ2) is 6.75. The van der Waals surface area contributed by atoms with Crippen LogP contribution in [0, 0.1) is 6.92 Å². The van der Waals surface area contributed by atoms with Gasteiger partial charge in [-0.1, -0.05) is 36.4 Å². The molecule has 0 aliphatic heterocycles. The maximum atomic E-state index is 11.8. The van der Waals surface area contributed by atoms with Gasteiger partial charge in [0, 0.05) is 13.1 Å². The molecule has 0 bridgehead atoms. The van der Waals surface area contributed by atoms with Crippen molar-refractivity contribution >= 4 is 11.5 Å². The summed E-state index contributed by atoms with van der Waals surface area (Å²) in [7, 11) is 3.26. The van der Waals surface area contributed by atoms with E-state index in [0.29, 0.717) is 0 Å². The maximum absolute atomic E-state index is 11.8. The van der Waals surface area contributed by atoms with Crippen molar-refractivity contribution in [2.45, 2.75) is 6.92 Å². The fourth-order valence-electron chi connectivity index (χ4n) is 2.17. The van der Waals surface area contributed by atoms with Crippen molar-refractivity contribution in [3.63, 3.8) is 0 Å². The molecule has 3 nitrogen and oxygen atoms in total. The molecule has 0 spiro atoms. The molecule has 0 aromatic heterocycles. The lowest BCUT2D eigenvalue weighted by molar-refractivity contribution is -0.116. The fraction of sp³-hybridized carbons (Fsp3) is 0.167. The highest BCUT2D eigenvalue weighted by atomic mass is 16.5. The Morgan fingerprint density at radius 3 is 2.33 bits per heavy atom. The third-order valence-electron chi connectivity index (χ3n) is 3.36. The van der Waals surface area contributed by atoms with Crippen LogP contribution in [0.3, 0.4) is 0 Å². The number of aryl methyl sites for hydroxylation is 1. The summed E-state index contributed by atoms with van der Waals surface area (Å²) in [6.45, 7) is 2.04. The quantitative estimate of drug-likeness (QED) is 0.874. The molecule has 0 heterocycles. The lowest BCUT2D eigenvalue weighted by atomic mass is 9.94. The lowest BCUT2D eigenvalue weighted by Crippen LogP contribution is -2.15. The van der Waals surface area contributed by atoms with Gasteiger partial charge in [-0.3, -0.25) is 4.79 Å². The first-order valence-corrected chi connectivity index (χ1v) is 6.79. The number of ether oxygens (including phenoxy) is 1. The first-order chi connectivity index (χ1) is 10.2. The molecule has 108 valence electrons. The monoisotopic (exact) mass is 281 g/mol. The molecule has 0 saturated carbocycles. The molecule has 1 amide bonds. The first-order valence-electron chi connectivity index (χ1n) is 6.79. The van der Waals surface area contributed by atoms with E-state index in [2.05, 4.69) is 5.32 Å². The van der Waals surface area contributed by atoms with Crippen LogP contribution in [0.25, 0.3) is 5.57 Å². The minimum Gasteiger partial charge on any atom is -0.497 e. The summed E-state index contributed by atoms with van der Waals surface area (Å²) in [5.74, 6) is 0.673. The number of likely N-dealkylation sites (N-methyl/N-ethyl adjacent to an activating group) is 1. The molecule has 0 saturated heterocycles. The molecule has 0 aliphatic rings. The van der Waals surface area contributed by atoms with Gasteiger partial charge >= 0.3 is 0 Å². The van der Waals surface area contributed by atoms with Crippen LogP contribution in [-0.2, 0) is 4.79 Å². The third kappa shape index (κ3) is 3.51. The second-order valence-electron chi connectivity index (χ2n) is 4.72. The van der Waals surface area contributed by atoms with Crippen LogP contribution >= 0.6 is 0 Å². The topological polar surface area (TPSA) is 38.3 Å². The van der Waals surface area contributed by atoms with Crippen molar-refractivity contribution in [3.05, 3.63) is 71.3 Å². The van der Waals surface area contributed by atoms with Crippen molar-refractivity contribution < 1.29 is 9.53 Å². The van der Waals surface area contributed by atoms with Gasteiger partial charge in [-0.25, -0.2) is 0 Å². The predicted octanol–water partition coefficient (Wildman–Crippen LogP) is 3.18. The van der Waals surface area contributed by atoms with Crippen LogP contribution in [0.5, 0.6) is 5.75 Å². The summed E-state index contributed by atoms with van der Waals surface area (Å²) in [6, 6.07) is 15.7. The zero-order valence-electron chi connectivity index (χ0n) is 12.5. The fourth-order valence-corrected chi connectivity index (χ4v) is 2.17. The molecule has 3 heteroatoms.